The van der Waals surface area contributed by atoms with Crippen molar-refractivity contribution in [2.45, 2.75) is 50.4 Å². The summed E-state index contributed by atoms with van der Waals surface area (Å²) in [4.78, 5) is 18.8. The molecule has 6 heteroatoms. The molecule has 2 saturated heterocycles. The van der Waals surface area contributed by atoms with Crippen LogP contribution in [0.25, 0.3) is 0 Å². The van der Waals surface area contributed by atoms with Crippen LogP contribution < -0.4 is 5.32 Å². The van der Waals surface area contributed by atoms with Crippen molar-refractivity contribution in [3.8, 4) is 0 Å². The number of piperidine rings is 1. The number of carbonyl (C=O) groups excluding carboxylic acids is 1. The average molecular weight is 374 g/mol. The number of aromatic nitrogens is 1. The minimum Gasteiger partial charge on any atom is -0.349 e. The van der Waals surface area contributed by atoms with E-state index >= 15 is 0 Å². The van der Waals surface area contributed by atoms with Crippen molar-refractivity contribution in [2.24, 2.45) is 0 Å². The predicted molar refractivity (Wildman–Crippen MR) is 98.5 cm³/mol. The van der Waals surface area contributed by atoms with Gasteiger partial charge in [0.1, 0.15) is 11.0 Å². The van der Waals surface area contributed by atoms with Gasteiger partial charge in [-0.1, -0.05) is 41.9 Å². The molecule has 1 N–H and O–H groups in total. The van der Waals surface area contributed by atoms with Crippen molar-refractivity contribution in [1.29, 1.82) is 0 Å². The summed E-state index contributed by atoms with van der Waals surface area (Å²) in [5.41, 5.74) is 1.43. The van der Waals surface area contributed by atoms with Gasteiger partial charge >= 0.3 is 0 Å². The summed E-state index contributed by atoms with van der Waals surface area (Å²) >= 11 is 5.95. The van der Waals surface area contributed by atoms with Gasteiger partial charge in [0.2, 0.25) is 0 Å². The molecule has 2 aromatic rings. The second-order valence-electron chi connectivity index (χ2n) is 7.18. The Hall–Kier alpha value is -1.98. The Balaban J connectivity index is 1.41. The molecule has 0 saturated carbocycles. The molecule has 1 amide bonds. The zero-order valence-electron chi connectivity index (χ0n) is 14.4. The molecule has 1 aromatic heterocycles. The maximum absolute atomic E-state index is 13.4. The molecule has 2 bridgehead atoms. The van der Waals surface area contributed by atoms with E-state index in [1.54, 1.807) is 0 Å². The molecule has 2 fully saturated rings. The van der Waals surface area contributed by atoms with Gasteiger partial charge in [-0.25, -0.2) is 9.37 Å². The van der Waals surface area contributed by atoms with Gasteiger partial charge in [-0.3, -0.25) is 9.69 Å². The van der Waals surface area contributed by atoms with Crippen LogP contribution in [0.1, 0.15) is 41.6 Å². The summed E-state index contributed by atoms with van der Waals surface area (Å²) in [5.74, 6) is -0.903. The number of halogens is 2. The van der Waals surface area contributed by atoms with Crippen molar-refractivity contribution in [1.82, 2.24) is 15.2 Å². The van der Waals surface area contributed by atoms with Crippen molar-refractivity contribution in [2.75, 3.05) is 0 Å². The number of fused-ring (bicyclic) bond motifs is 2. The third-order valence-corrected chi connectivity index (χ3v) is 5.78. The first-order valence-corrected chi connectivity index (χ1v) is 9.39. The van der Waals surface area contributed by atoms with Crippen LogP contribution in [0.2, 0.25) is 5.15 Å². The van der Waals surface area contributed by atoms with E-state index in [9.17, 15) is 9.18 Å². The van der Waals surface area contributed by atoms with Gasteiger partial charge in [-0.15, -0.1) is 0 Å². The highest BCUT2D eigenvalue weighted by Gasteiger charge is 2.41. The second kappa shape index (κ2) is 7.33. The topological polar surface area (TPSA) is 45.2 Å². The molecule has 1 unspecified atom stereocenters. The van der Waals surface area contributed by atoms with E-state index in [2.05, 4.69) is 39.5 Å². The number of nitrogens with one attached hydrogen (secondary N) is 1. The number of pyridine rings is 1. The SMILES string of the molecule is O=C(NC1C[C@H]2CC[C@@H](C1)N2Cc1ccccc1)c1cc(F)cnc1Cl. The number of hydrogen-bond acceptors (Lipinski definition) is 3. The van der Waals surface area contributed by atoms with Crippen LogP contribution in [0, 0.1) is 5.82 Å². The molecule has 1 aromatic carbocycles. The minimum absolute atomic E-state index is 0.0355. The lowest BCUT2D eigenvalue weighted by molar-refractivity contribution is 0.0827. The summed E-state index contributed by atoms with van der Waals surface area (Å²) in [7, 11) is 0. The smallest absolute Gasteiger partial charge is 0.254 e. The molecule has 2 aliphatic rings. The van der Waals surface area contributed by atoms with Crippen LogP contribution in [-0.4, -0.2) is 33.9 Å². The molecule has 26 heavy (non-hydrogen) atoms. The highest BCUT2D eigenvalue weighted by molar-refractivity contribution is 6.32. The first-order chi connectivity index (χ1) is 12.6. The molecular weight excluding hydrogens is 353 g/mol. The lowest BCUT2D eigenvalue weighted by atomic mass is 9.96. The Morgan fingerprint density at radius 3 is 2.62 bits per heavy atom. The Morgan fingerprint density at radius 2 is 1.92 bits per heavy atom. The molecule has 2 aliphatic heterocycles. The molecule has 0 spiro atoms. The average Bonchev–Trinajstić information content (AvgIpc) is 2.87. The van der Waals surface area contributed by atoms with Crippen molar-refractivity contribution < 1.29 is 9.18 Å². The van der Waals surface area contributed by atoms with Crippen LogP contribution in [-0.2, 0) is 6.54 Å². The number of benzene rings is 1. The van der Waals surface area contributed by atoms with Crippen molar-refractivity contribution >= 4 is 17.5 Å². The molecule has 4 nitrogen and oxygen atoms in total. The predicted octanol–water partition coefficient (Wildman–Crippen LogP) is 3.80. The highest BCUT2D eigenvalue weighted by atomic mass is 35.5. The van der Waals surface area contributed by atoms with Gasteiger partial charge in [-0.05, 0) is 37.3 Å². The summed E-state index contributed by atoms with van der Waals surface area (Å²) < 4.78 is 13.4. The Bertz CT molecular complexity index is 787. The largest absolute Gasteiger partial charge is 0.349 e. The van der Waals surface area contributed by atoms with Gasteiger partial charge in [0.15, 0.2) is 0 Å². The maximum atomic E-state index is 13.4. The minimum atomic E-state index is -0.558. The summed E-state index contributed by atoms with van der Waals surface area (Å²) in [6.07, 6.45) is 5.16. The lowest BCUT2D eigenvalue weighted by Gasteiger charge is -2.39. The number of carbonyl (C=O) groups is 1. The fraction of sp³-hybridized carbons (Fsp3) is 0.400. The normalized spacial score (nSPS) is 25.2. The van der Waals surface area contributed by atoms with Crippen LogP contribution in [0.5, 0.6) is 0 Å². The van der Waals surface area contributed by atoms with Gasteiger partial charge in [-0.2, -0.15) is 0 Å². The van der Waals surface area contributed by atoms with E-state index in [1.165, 1.54) is 5.56 Å². The number of amides is 1. The molecule has 0 aliphatic carbocycles. The van der Waals surface area contributed by atoms with Crippen LogP contribution in [0.3, 0.4) is 0 Å². The highest BCUT2D eigenvalue weighted by Crippen LogP contribution is 2.37. The fourth-order valence-electron chi connectivity index (χ4n) is 4.29. The van der Waals surface area contributed by atoms with Crippen molar-refractivity contribution in [3.05, 3.63) is 64.7 Å². The zero-order chi connectivity index (χ0) is 18.1. The van der Waals surface area contributed by atoms with Crippen LogP contribution >= 0.6 is 11.6 Å². The molecule has 3 heterocycles. The van der Waals surface area contributed by atoms with E-state index in [0.717, 1.165) is 44.5 Å². The monoisotopic (exact) mass is 373 g/mol. The number of hydrogen-bond donors (Lipinski definition) is 1. The third-order valence-electron chi connectivity index (χ3n) is 5.48. The summed E-state index contributed by atoms with van der Waals surface area (Å²) in [6.45, 7) is 0.955. The Kier molecular flexibility index (Phi) is 4.92. The van der Waals surface area contributed by atoms with Crippen molar-refractivity contribution in [3.63, 3.8) is 0 Å². The zero-order valence-corrected chi connectivity index (χ0v) is 15.1. The number of rotatable bonds is 4. The molecule has 136 valence electrons. The van der Waals surface area contributed by atoms with Crippen LogP contribution in [0.4, 0.5) is 4.39 Å². The molecule has 3 atom stereocenters. The first kappa shape index (κ1) is 17.4. The quantitative estimate of drug-likeness (QED) is 0.829. The van der Waals surface area contributed by atoms with Crippen LogP contribution in [0.15, 0.2) is 42.6 Å². The van der Waals surface area contributed by atoms with E-state index in [0.29, 0.717) is 12.1 Å². The Labute approximate surface area is 157 Å². The van der Waals surface area contributed by atoms with Gasteiger partial charge in [0, 0.05) is 24.7 Å². The first-order valence-electron chi connectivity index (χ1n) is 9.01. The number of nitrogens with zero attached hydrogens (tertiary/aromatic N) is 2. The molecule has 0 radical (unpaired) electrons. The van der Waals surface area contributed by atoms with E-state index < -0.39 is 5.82 Å². The van der Waals surface area contributed by atoms with Gasteiger partial charge in [0.05, 0.1) is 11.8 Å². The standard InChI is InChI=1S/C20H21ClFN3O/c21-19-18(8-14(22)11-23-19)20(26)24-15-9-16-6-7-17(10-15)25(16)12-13-4-2-1-3-5-13/h1-5,8,11,15-17H,6-7,9-10,12H2,(H,24,26)/t15?,16-,17+. The van der Waals surface area contributed by atoms with E-state index in [1.807, 2.05) is 6.07 Å². The molecule has 4 rings (SSSR count). The summed E-state index contributed by atoms with van der Waals surface area (Å²) in [6, 6.07) is 12.7. The third kappa shape index (κ3) is 3.60. The molecular formula is C20H21ClFN3O. The fourth-order valence-corrected chi connectivity index (χ4v) is 4.48. The van der Waals surface area contributed by atoms with E-state index in [4.69, 9.17) is 11.6 Å². The maximum Gasteiger partial charge on any atom is 0.254 e. The summed E-state index contributed by atoms with van der Waals surface area (Å²) in [5, 5.41) is 3.07. The van der Waals surface area contributed by atoms with E-state index in [-0.39, 0.29) is 22.7 Å². The van der Waals surface area contributed by atoms with Gasteiger partial charge < -0.3 is 5.32 Å². The Morgan fingerprint density at radius 1 is 1.23 bits per heavy atom. The van der Waals surface area contributed by atoms with Gasteiger partial charge in [0.25, 0.3) is 5.91 Å². The lowest BCUT2D eigenvalue weighted by Crippen LogP contribution is -2.50. The second-order valence-corrected chi connectivity index (χ2v) is 7.53.